The van der Waals surface area contributed by atoms with Crippen LogP contribution >= 0.6 is 0 Å². The van der Waals surface area contributed by atoms with E-state index in [0.717, 1.165) is 6.08 Å². The van der Waals surface area contributed by atoms with Crippen LogP contribution in [0.25, 0.3) is 0 Å². The van der Waals surface area contributed by atoms with Gasteiger partial charge in [0.2, 0.25) is 0 Å². The van der Waals surface area contributed by atoms with E-state index in [1.54, 1.807) is 0 Å². The first-order valence-electron chi connectivity index (χ1n) is 6.33. The van der Waals surface area contributed by atoms with Crippen molar-refractivity contribution < 1.29 is 54.2 Å². The van der Waals surface area contributed by atoms with Gasteiger partial charge < -0.3 is 9.84 Å². The molecule has 0 aliphatic heterocycles. The maximum Gasteiger partial charge on any atom is 0.429 e. The average molecular weight is 374 g/mol. The molecule has 0 amide bonds. The van der Waals surface area contributed by atoms with E-state index in [-0.39, 0.29) is 6.42 Å². The van der Waals surface area contributed by atoms with Gasteiger partial charge in [-0.1, -0.05) is 12.2 Å². The molecule has 1 rings (SSSR count). The van der Waals surface area contributed by atoms with Crippen LogP contribution in [0.4, 0.5) is 39.5 Å². The van der Waals surface area contributed by atoms with E-state index in [1.165, 1.54) is 6.08 Å². The van der Waals surface area contributed by atoms with Gasteiger partial charge in [0, 0.05) is 0 Å². The number of hydrogen-bond acceptors (Lipinski definition) is 3. The van der Waals surface area contributed by atoms with Crippen molar-refractivity contribution in [2.45, 2.75) is 43.4 Å². The Bertz CT molecular complexity index is 489. The monoisotopic (exact) mass is 374 g/mol. The average Bonchev–Trinajstić information content (AvgIpc) is 2.41. The van der Waals surface area contributed by atoms with Crippen LogP contribution in [0.2, 0.25) is 0 Å². The van der Waals surface area contributed by atoms with E-state index in [9.17, 15) is 44.3 Å². The van der Waals surface area contributed by atoms with Crippen molar-refractivity contribution in [1.29, 1.82) is 0 Å². The zero-order valence-electron chi connectivity index (χ0n) is 11.6. The maximum atomic E-state index is 13.1. The molecule has 0 heterocycles. The summed E-state index contributed by atoms with van der Waals surface area (Å²) in [5, 5.41) is 8.80. The molecule has 140 valence electrons. The zero-order chi connectivity index (χ0) is 19.0. The molecule has 1 aliphatic carbocycles. The molecule has 0 aromatic carbocycles. The Morgan fingerprint density at radius 3 is 1.83 bits per heavy atom. The molecule has 1 atom stereocenters. The summed E-state index contributed by atoms with van der Waals surface area (Å²) < 4.78 is 117. The Balaban J connectivity index is 3.07. The van der Waals surface area contributed by atoms with Crippen LogP contribution in [0.3, 0.4) is 0 Å². The molecular weight excluding hydrogens is 363 g/mol. The van der Waals surface area contributed by atoms with Gasteiger partial charge in [0.1, 0.15) is 6.61 Å². The Labute approximate surface area is 129 Å². The molecular formula is C12H11F9O3. The van der Waals surface area contributed by atoms with Crippen LogP contribution in [-0.4, -0.2) is 41.8 Å². The van der Waals surface area contributed by atoms with Gasteiger partial charge in [0.15, 0.2) is 5.41 Å². The van der Waals surface area contributed by atoms with E-state index in [1.807, 2.05) is 0 Å². The van der Waals surface area contributed by atoms with Crippen LogP contribution in [0.15, 0.2) is 12.2 Å². The number of allylic oxidation sites excluding steroid dienone is 2. The van der Waals surface area contributed by atoms with Gasteiger partial charge in [-0.25, -0.2) is 0 Å². The van der Waals surface area contributed by atoms with E-state index in [0.29, 0.717) is 0 Å². The minimum atomic E-state index is -6.30. The van der Waals surface area contributed by atoms with Gasteiger partial charge in [0.25, 0.3) is 5.60 Å². The second-order valence-corrected chi connectivity index (χ2v) is 5.23. The van der Waals surface area contributed by atoms with Crippen LogP contribution in [-0.2, 0) is 9.53 Å². The lowest BCUT2D eigenvalue weighted by Gasteiger charge is -2.36. The minimum absolute atomic E-state index is 0.266. The molecule has 1 aliphatic rings. The first-order chi connectivity index (χ1) is 10.6. The van der Waals surface area contributed by atoms with E-state index < -0.39 is 55.0 Å². The number of alkyl halides is 9. The fraction of sp³-hybridized carbons (Fsp3) is 0.750. The summed E-state index contributed by atoms with van der Waals surface area (Å²) in [4.78, 5) is 11.6. The molecule has 0 spiro atoms. The summed E-state index contributed by atoms with van der Waals surface area (Å²) in [5.74, 6) is -2.30. The van der Waals surface area contributed by atoms with Gasteiger partial charge in [-0.05, 0) is 19.3 Å². The van der Waals surface area contributed by atoms with Crippen molar-refractivity contribution in [3.8, 4) is 0 Å². The summed E-state index contributed by atoms with van der Waals surface area (Å²) >= 11 is 0. The van der Waals surface area contributed by atoms with Gasteiger partial charge in [0.05, 0.1) is 0 Å². The Kier molecular flexibility index (Phi) is 5.25. The summed E-state index contributed by atoms with van der Waals surface area (Å²) in [5.41, 5.74) is -8.72. The number of ether oxygens (including phenoxy) is 1. The van der Waals surface area contributed by atoms with Crippen LogP contribution in [0.1, 0.15) is 19.3 Å². The molecule has 0 bridgehead atoms. The van der Waals surface area contributed by atoms with Crippen LogP contribution < -0.4 is 0 Å². The zero-order valence-corrected chi connectivity index (χ0v) is 11.6. The highest BCUT2D eigenvalue weighted by Crippen LogP contribution is 2.49. The SMILES string of the molecule is O=C(OCC(O)(C(F)(F)F)C(F)(F)F)C1(C(F)(F)F)CC=CCC1. The van der Waals surface area contributed by atoms with Gasteiger partial charge >= 0.3 is 24.5 Å². The summed E-state index contributed by atoms with van der Waals surface area (Å²) in [7, 11) is 0. The van der Waals surface area contributed by atoms with E-state index in [4.69, 9.17) is 5.11 Å². The Hall–Kier alpha value is -1.46. The third-order valence-electron chi connectivity index (χ3n) is 3.65. The standard InChI is InChI=1S/C12H11F9O3/c13-10(14,15)8(4-2-1-3-5-8)7(22)24-6-9(23,11(16,17)18)12(19,20)21/h1-2,23H,3-6H2. The molecule has 0 saturated heterocycles. The molecule has 1 N–H and O–H groups in total. The number of esters is 1. The predicted octanol–water partition coefficient (Wildman–Crippen LogP) is 3.67. The lowest BCUT2D eigenvalue weighted by atomic mass is 9.76. The van der Waals surface area contributed by atoms with E-state index in [2.05, 4.69) is 4.74 Å². The van der Waals surface area contributed by atoms with Gasteiger partial charge in [-0.2, -0.15) is 39.5 Å². The molecule has 0 saturated carbocycles. The molecule has 0 fully saturated rings. The van der Waals surface area contributed by atoms with Gasteiger partial charge in [-0.15, -0.1) is 0 Å². The first-order valence-corrected chi connectivity index (χ1v) is 6.33. The van der Waals surface area contributed by atoms with Crippen molar-refractivity contribution in [1.82, 2.24) is 0 Å². The topological polar surface area (TPSA) is 46.5 Å². The fourth-order valence-corrected chi connectivity index (χ4v) is 2.03. The predicted molar refractivity (Wildman–Crippen MR) is 59.5 cm³/mol. The summed E-state index contributed by atoms with van der Waals surface area (Å²) in [6.45, 7) is -2.72. The molecule has 1 unspecified atom stereocenters. The highest BCUT2D eigenvalue weighted by atomic mass is 19.4. The van der Waals surface area contributed by atoms with E-state index >= 15 is 0 Å². The molecule has 0 aromatic heterocycles. The molecule has 12 heteroatoms. The van der Waals surface area contributed by atoms with Crippen molar-refractivity contribution in [2.75, 3.05) is 6.61 Å². The molecule has 3 nitrogen and oxygen atoms in total. The Morgan fingerprint density at radius 2 is 1.50 bits per heavy atom. The minimum Gasteiger partial charge on any atom is -0.461 e. The number of carbonyl (C=O) groups is 1. The van der Waals surface area contributed by atoms with Crippen molar-refractivity contribution in [3.63, 3.8) is 0 Å². The molecule has 0 aromatic rings. The van der Waals surface area contributed by atoms with Crippen molar-refractivity contribution in [2.24, 2.45) is 5.41 Å². The first kappa shape index (κ1) is 20.6. The van der Waals surface area contributed by atoms with Crippen LogP contribution in [0, 0.1) is 5.41 Å². The number of aliphatic hydroxyl groups is 1. The number of carbonyl (C=O) groups excluding carboxylic acids is 1. The normalized spacial score (nSPS) is 23.2. The van der Waals surface area contributed by atoms with Crippen LogP contribution in [0.5, 0.6) is 0 Å². The van der Waals surface area contributed by atoms with Gasteiger partial charge in [-0.3, -0.25) is 4.79 Å². The largest absolute Gasteiger partial charge is 0.461 e. The van der Waals surface area contributed by atoms with Crippen molar-refractivity contribution in [3.05, 3.63) is 12.2 Å². The Morgan fingerprint density at radius 1 is 1.00 bits per heavy atom. The lowest BCUT2D eigenvalue weighted by molar-refractivity contribution is -0.376. The highest BCUT2D eigenvalue weighted by molar-refractivity contribution is 5.78. The molecule has 24 heavy (non-hydrogen) atoms. The second-order valence-electron chi connectivity index (χ2n) is 5.23. The maximum absolute atomic E-state index is 13.1. The highest BCUT2D eigenvalue weighted by Gasteiger charge is 2.72. The second kappa shape index (κ2) is 6.12. The smallest absolute Gasteiger partial charge is 0.429 e. The summed E-state index contributed by atoms with van der Waals surface area (Å²) in [6.07, 6.45) is -17.8. The fourth-order valence-electron chi connectivity index (χ4n) is 2.03. The quantitative estimate of drug-likeness (QED) is 0.466. The third kappa shape index (κ3) is 3.47. The lowest BCUT2D eigenvalue weighted by Crippen LogP contribution is -2.61. The number of halogens is 9. The third-order valence-corrected chi connectivity index (χ3v) is 3.65. The summed E-state index contributed by atoms with van der Waals surface area (Å²) in [6, 6.07) is 0. The molecule has 0 radical (unpaired) electrons. The number of hydrogen-bond donors (Lipinski definition) is 1. The number of rotatable bonds is 3. The van der Waals surface area contributed by atoms with Crippen molar-refractivity contribution >= 4 is 5.97 Å².